The van der Waals surface area contributed by atoms with Crippen LogP contribution in [0.3, 0.4) is 0 Å². The molecular formula is C24H22N6O3. The predicted molar refractivity (Wildman–Crippen MR) is 123 cm³/mol. The highest BCUT2D eigenvalue weighted by Gasteiger charge is 2.31. The van der Waals surface area contributed by atoms with Crippen LogP contribution < -0.4 is 15.2 Å². The van der Waals surface area contributed by atoms with Crippen molar-refractivity contribution in [2.24, 2.45) is 0 Å². The molecule has 2 aromatic heterocycles. The molecule has 0 spiro atoms. The summed E-state index contributed by atoms with van der Waals surface area (Å²) in [4.78, 5) is 22.3. The zero-order chi connectivity index (χ0) is 23.5. The minimum absolute atomic E-state index is 0.145. The number of carbonyl (C=O) groups is 1. The molecule has 166 valence electrons. The minimum Gasteiger partial charge on any atom is -0.497 e. The number of nitrogen functional groups attached to an aromatic ring is 1. The molecule has 0 unspecified atom stereocenters. The van der Waals surface area contributed by atoms with Gasteiger partial charge in [0.15, 0.2) is 0 Å². The Morgan fingerprint density at radius 3 is 2.61 bits per heavy atom. The van der Waals surface area contributed by atoms with E-state index in [4.69, 9.17) is 15.2 Å². The number of nitrogens with two attached hydrogens (primary N) is 1. The van der Waals surface area contributed by atoms with E-state index in [1.54, 1.807) is 37.3 Å². The highest BCUT2D eigenvalue weighted by molar-refractivity contribution is 5.95. The Morgan fingerprint density at radius 2 is 1.97 bits per heavy atom. The molecule has 1 aliphatic heterocycles. The Labute approximate surface area is 191 Å². The number of aromatic nitrogens is 3. The third-order valence-corrected chi connectivity index (χ3v) is 5.62. The maximum atomic E-state index is 12.1. The fourth-order valence-corrected chi connectivity index (χ4v) is 4.04. The number of nitrogens with zero attached hydrogens (tertiary/aromatic N) is 5. The van der Waals surface area contributed by atoms with E-state index in [9.17, 15) is 10.1 Å². The Morgan fingerprint density at radius 1 is 1.24 bits per heavy atom. The summed E-state index contributed by atoms with van der Waals surface area (Å²) in [5.74, 6) is 7.47. The Bertz CT molecular complexity index is 1340. The molecule has 1 aliphatic rings. The van der Waals surface area contributed by atoms with E-state index >= 15 is 0 Å². The summed E-state index contributed by atoms with van der Waals surface area (Å²) in [7, 11) is 3.13. The zero-order valence-electron chi connectivity index (χ0n) is 18.3. The molecule has 9 heteroatoms. The number of amides is 1. The maximum Gasteiger partial charge on any atom is 0.246 e. The third-order valence-electron chi connectivity index (χ3n) is 5.62. The molecule has 0 aliphatic carbocycles. The van der Waals surface area contributed by atoms with Gasteiger partial charge in [-0.05, 0) is 24.6 Å². The number of ether oxygens (including phenoxy) is 2. The lowest BCUT2D eigenvalue weighted by atomic mass is 10.1. The van der Waals surface area contributed by atoms with E-state index in [1.807, 2.05) is 4.57 Å². The number of benzene rings is 1. The number of anilines is 1. The molecule has 3 aromatic rings. The molecule has 9 nitrogen and oxygen atoms in total. The van der Waals surface area contributed by atoms with Gasteiger partial charge in [-0.25, -0.2) is 9.97 Å². The second-order valence-electron chi connectivity index (χ2n) is 7.45. The van der Waals surface area contributed by atoms with E-state index in [0.717, 1.165) is 0 Å². The van der Waals surface area contributed by atoms with Gasteiger partial charge >= 0.3 is 0 Å². The number of rotatable bonds is 4. The number of hydrogen-bond acceptors (Lipinski definition) is 7. The van der Waals surface area contributed by atoms with E-state index in [2.05, 4.69) is 34.5 Å². The molecule has 0 bridgehead atoms. The Balaban J connectivity index is 1.86. The van der Waals surface area contributed by atoms with Crippen molar-refractivity contribution in [3.63, 3.8) is 0 Å². The van der Waals surface area contributed by atoms with Gasteiger partial charge in [-0.3, -0.25) is 4.79 Å². The van der Waals surface area contributed by atoms with Crippen LogP contribution in [-0.2, 0) is 4.79 Å². The lowest BCUT2D eigenvalue weighted by Gasteiger charge is -2.16. The van der Waals surface area contributed by atoms with Crippen LogP contribution in [0.2, 0.25) is 0 Å². The van der Waals surface area contributed by atoms with Gasteiger partial charge in [0.2, 0.25) is 5.91 Å². The standard InChI is InChI=1S/C24H22N6O3/c1-4-21(31)29-8-7-16(13-29)30-20(12-25)19(22-23(26)27-14-28-24(22)30)6-5-15-9-17(32-2)11-18(10-15)33-3/h4,9-11,14,16H,1,7-8,13H2,2-3H3,(H2,26,27,28)/t16-/m0/s1. The van der Waals surface area contributed by atoms with Crippen LogP contribution in [0.15, 0.2) is 37.2 Å². The number of carbonyl (C=O) groups excluding carboxylic acids is 1. The van der Waals surface area contributed by atoms with Crippen molar-refractivity contribution < 1.29 is 14.3 Å². The van der Waals surface area contributed by atoms with Crippen molar-refractivity contribution in [3.05, 3.63) is 54.0 Å². The van der Waals surface area contributed by atoms with Gasteiger partial charge in [0.05, 0.1) is 31.2 Å². The second-order valence-corrected chi connectivity index (χ2v) is 7.45. The molecule has 1 amide bonds. The van der Waals surface area contributed by atoms with Crippen molar-refractivity contribution in [2.45, 2.75) is 12.5 Å². The summed E-state index contributed by atoms with van der Waals surface area (Å²) < 4.78 is 12.4. The molecule has 1 aromatic carbocycles. The summed E-state index contributed by atoms with van der Waals surface area (Å²) in [6, 6.07) is 7.41. The quantitative estimate of drug-likeness (QED) is 0.486. The lowest BCUT2D eigenvalue weighted by molar-refractivity contribution is -0.125. The summed E-state index contributed by atoms with van der Waals surface area (Å²) in [5.41, 5.74) is 8.13. The molecule has 3 heterocycles. The van der Waals surface area contributed by atoms with Gasteiger partial charge in [-0.15, -0.1) is 0 Å². The first-order valence-corrected chi connectivity index (χ1v) is 10.2. The van der Waals surface area contributed by atoms with Crippen LogP contribution in [-0.4, -0.2) is 52.7 Å². The number of likely N-dealkylation sites (tertiary alicyclic amines) is 1. The van der Waals surface area contributed by atoms with E-state index in [-0.39, 0.29) is 17.8 Å². The van der Waals surface area contributed by atoms with Crippen LogP contribution in [0.25, 0.3) is 11.0 Å². The molecule has 0 saturated carbocycles. The fraction of sp³-hybridized carbons (Fsp3) is 0.250. The number of nitriles is 1. The van der Waals surface area contributed by atoms with Gasteiger partial charge in [-0.1, -0.05) is 18.4 Å². The topological polar surface area (TPSA) is 119 Å². The molecule has 1 fully saturated rings. The number of fused-ring (bicyclic) bond motifs is 1. The van der Waals surface area contributed by atoms with Gasteiger partial charge in [0.1, 0.15) is 41.1 Å². The highest BCUT2D eigenvalue weighted by atomic mass is 16.5. The number of methoxy groups -OCH3 is 2. The zero-order valence-corrected chi connectivity index (χ0v) is 18.3. The van der Waals surface area contributed by atoms with Crippen LogP contribution in [0.4, 0.5) is 5.82 Å². The highest BCUT2D eigenvalue weighted by Crippen LogP contribution is 2.34. The minimum atomic E-state index is -0.146. The monoisotopic (exact) mass is 442 g/mol. The molecule has 1 saturated heterocycles. The first kappa shape index (κ1) is 21.7. The van der Waals surface area contributed by atoms with Crippen molar-refractivity contribution >= 4 is 22.8 Å². The Kier molecular flexibility index (Phi) is 5.88. The summed E-state index contributed by atoms with van der Waals surface area (Å²) >= 11 is 0. The average molecular weight is 442 g/mol. The van der Waals surface area contributed by atoms with Crippen molar-refractivity contribution in [1.29, 1.82) is 5.26 Å². The molecule has 2 N–H and O–H groups in total. The number of hydrogen-bond donors (Lipinski definition) is 1. The SMILES string of the molecule is C=CC(=O)N1CC[C@H](n2c(C#N)c(C#Cc3cc(OC)cc(OC)c3)c3c(N)ncnc32)C1. The predicted octanol–water partition coefficient (Wildman–Crippen LogP) is 2.26. The van der Waals surface area contributed by atoms with Crippen molar-refractivity contribution in [1.82, 2.24) is 19.4 Å². The van der Waals surface area contributed by atoms with Crippen molar-refractivity contribution in [3.8, 4) is 29.4 Å². The van der Waals surface area contributed by atoms with Crippen LogP contribution in [0.1, 0.15) is 29.3 Å². The van der Waals surface area contributed by atoms with Crippen LogP contribution in [0, 0.1) is 23.2 Å². The van der Waals surface area contributed by atoms with Gasteiger partial charge in [0.25, 0.3) is 0 Å². The van der Waals surface area contributed by atoms with Crippen LogP contribution >= 0.6 is 0 Å². The fourth-order valence-electron chi connectivity index (χ4n) is 4.04. The van der Waals surface area contributed by atoms with E-state index in [1.165, 1.54) is 12.4 Å². The van der Waals surface area contributed by atoms with Gasteiger partial charge in [0, 0.05) is 24.7 Å². The average Bonchev–Trinajstić information content (AvgIpc) is 3.44. The van der Waals surface area contributed by atoms with E-state index < -0.39 is 0 Å². The summed E-state index contributed by atoms with van der Waals surface area (Å²) in [5, 5.41) is 10.6. The molecule has 0 radical (unpaired) electrons. The van der Waals surface area contributed by atoms with Crippen molar-refractivity contribution in [2.75, 3.05) is 33.0 Å². The summed E-state index contributed by atoms with van der Waals surface area (Å²) in [6.45, 7) is 4.55. The second kappa shape index (κ2) is 8.93. The normalized spacial score (nSPS) is 14.9. The maximum absolute atomic E-state index is 12.1. The third kappa shape index (κ3) is 3.92. The Hall–Kier alpha value is -4.50. The first-order valence-electron chi connectivity index (χ1n) is 10.2. The first-order chi connectivity index (χ1) is 16.0. The van der Waals surface area contributed by atoms with Gasteiger partial charge < -0.3 is 24.7 Å². The van der Waals surface area contributed by atoms with E-state index in [0.29, 0.717) is 58.9 Å². The molecule has 1 atom stereocenters. The molecular weight excluding hydrogens is 420 g/mol. The molecule has 33 heavy (non-hydrogen) atoms. The molecule has 4 rings (SSSR count). The smallest absolute Gasteiger partial charge is 0.246 e. The summed E-state index contributed by atoms with van der Waals surface area (Å²) in [6.07, 6.45) is 3.32. The van der Waals surface area contributed by atoms with Crippen LogP contribution in [0.5, 0.6) is 11.5 Å². The largest absolute Gasteiger partial charge is 0.497 e. The van der Waals surface area contributed by atoms with Gasteiger partial charge in [-0.2, -0.15) is 5.26 Å². The lowest BCUT2D eigenvalue weighted by Crippen LogP contribution is -2.27.